The maximum Gasteiger partial charge on any atom is 0.320 e. The van der Waals surface area contributed by atoms with Gasteiger partial charge in [-0.1, -0.05) is 24.3 Å². The third-order valence-corrected chi connectivity index (χ3v) is 6.60. The summed E-state index contributed by atoms with van der Waals surface area (Å²) in [6.07, 6.45) is 5.44. The number of halogens is 2. The van der Waals surface area contributed by atoms with Gasteiger partial charge in [0, 0.05) is 12.5 Å². The van der Waals surface area contributed by atoms with Crippen LogP contribution in [0.5, 0.6) is 0 Å². The van der Waals surface area contributed by atoms with Crippen molar-refractivity contribution in [2.24, 2.45) is 11.0 Å². The van der Waals surface area contributed by atoms with Crippen LogP contribution < -0.4 is 0 Å². The molecule has 2 heterocycles. The Balaban J connectivity index is 1.60. The number of benzene rings is 2. The van der Waals surface area contributed by atoms with Crippen LogP contribution in [0.4, 0.5) is 14.5 Å². The highest BCUT2D eigenvalue weighted by Crippen LogP contribution is 2.45. The van der Waals surface area contributed by atoms with Gasteiger partial charge in [0.05, 0.1) is 16.7 Å². The zero-order valence-electron chi connectivity index (χ0n) is 19.5. The molecule has 1 aromatic heterocycles. The second-order valence-corrected chi connectivity index (χ2v) is 8.83. The van der Waals surface area contributed by atoms with Crippen LogP contribution >= 0.6 is 0 Å². The van der Waals surface area contributed by atoms with Gasteiger partial charge in [-0.2, -0.15) is 10.2 Å². The SMILES string of the molecule is CCn1cc([N+](=O)[O-])c(C(=O)N2N=C3/C(=C/c4ccc(F)cc4)CCC[C@@H]3[C@H]2c2ccc(F)cc2)n1. The fraction of sp³-hybridized carbons (Fsp3) is 0.269. The second-order valence-electron chi connectivity index (χ2n) is 8.83. The molecule has 1 amide bonds. The highest BCUT2D eigenvalue weighted by molar-refractivity contribution is 6.09. The lowest BCUT2D eigenvalue weighted by atomic mass is 9.77. The van der Waals surface area contributed by atoms with E-state index in [0.717, 1.165) is 30.4 Å². The number of hydrogen-bond acceptors (Lipinski definition) is 5. The van der Waals surface area contributed by atoms with E-state index in [1.807, 2.05) is 6.08 Å². The zero-order chi connectivity index (χ0) is 25.4. The van der Waals surface area contributed by atoms with Crippen LogP contribution in [0, 0.1) is 27.7 Å². The normalized spacial score (nSPS) is 20.4. The van der Waals surface area contributed by atoms with Crippen LogP contribution in [-0.4, -0.2) is 31.3 Å². The van der Waals surface area contributed by atoms with Gasteiger partial charge in [-0.25, -0.2) is 13.8 Å². The van der Waals surface area contributed by atoms with Gasteiger partial charge >= 0.3 is 11.6 Å². The van der Waals surface area contributed by atoms with Crippen LogP contribution in [0.15, 0.2) is 65.4 Å². The molecule has 0 radical (unpaired) electrons. The number of aryl methyl sites for hydroxylation is 1. The summed E-state index contributed by atoms with van der Waals surface area (Å²) in [4.78, 5) is 24.7. The number of rotatable bonds is 5. The Labute approximate surface area is 205 Å². The summed E-state index contributed by atoms with van der Waals surface area (Å²) < 4.78 is 28.4. The van der Waals surface area contributed by atoms with E-state index in [9.17, 15) is 23.7 Å². The molecule has 0 bridgehead atoms. The minimum Gasteiger partial charge on any atom is -0.265 e. The van der Waals surface area contributed by atoms with Gasteiger partial charge in [-0.3, -0.25) is 19.6 Å². The van der Waals surface area contributed by atoms with Crippen molar-refractivity contribution >= 4 is 23.4 Å². The lowest BCUT2D eigenvalue weighted by molar-refractivity contribution is -0.385. The number of aromatic nitrogens is 2. The maximum absolute atomic E-state index is 13.7. The predicted octanol–water partition coefficient (Wildman–Crippen LogP) is 5.53. The number of amides is 1. The quantitative estimate of drug-likeness (QED) is 0.347. The topological polar surface area (TPSA) is 93.6 Å². The Morgan fingerprint density at radius 3 is 2.44 bits per heavy atom. The minimum atomic E-state index is -0.689. The summed E-state index contributed by atoms with van der Waals surface area (Å²) in [7, 11) is 0. The number of fused-ring (bicyclic) bond motifs is 1. The van der Waals surface area contributed by atoms with E-state index in [4.69, 9.17) is 0 Å². The molecule has 8 nitrogen and oxygen atoms in total. The number of hydrazone groups is 1. The predicted molar refractivity (Wildman–Crippen MR) is 129 cm³/mol. The van der Waals surface area contributed by atoms with Gasteiger partial charge in [0.1, 0.15) is 17.8 Å². The van der Waals surface area contributed by atoms with E-state index in [0.29, 0.717) is 17.8 Å². The second kappa shape index (κ2) is 9.44. The Kier molecular flexibility index (Phi) is 6.17. The van der Waals surface area contributed by atoms with Gasteiger partial charge in [0.2, 0.25) is 5.69 Å². The van der Waals surface area contributed by atoms with Crippen LogP contribution in [0.2, 0.25) is 0 Å². The third kappa shape index (κ3) is 4.30. The molecule has 5 rings (SSSR count). The van der Waals surface area contributed by atoms with Crippen molar-refractivity contribution in [3.63, 3.8) is 0 Å². The Hall–Kier alpha value is -4.21. The van der Waals surface area contributed by atoms with Crippen molar-refractivity contribution in [3.8, 4) is 0 Å². The average Bonchev–Trinajstić information content (AvgIpc) is 3.49. The molecule has 3 aromatic rings. The molecular formula is C26H23F2N5O3. The molecule has 0 spiro atoms. The largest absolute Gasteiger partial charge is 0.320 e. The molecule has 1 fully saturated rings. The number of nitrogens with zero attached hydrogens (tertiary/aromatic N) is 5. The number of hydrogen-bond donors (Lipinski definition) is 0. The molecule has 2 aromatic carbocycles. The molecule has 2 atom stereocenters. The zero-order valence-corrected chi connectivity index (χ0v) is 19.5. The summed E-state index contributed by atoms with van der Waals surface area (Å²) >= 11 is 0. The fourth-order valence-corrected chi connectivity index (χ4v) is 4.89. The summed E-state index contributed by atoms with van der Waals surface area (Å²) in [5.41, 5.74) is 2.40. The molecule has 10 heteroatoms. The van der Waals surface area contributed by atoms with E-state index in [-0.39, 0.29) is 17.4 Å². The smallest absolute Gasteiger partial charge is 0.265 e. The molecule has 1 saturated carbocycles. The number of carbonyl (C=O) groups excluding carboxylic acids is 1. The lowest BCUT2D eigenvalue weighted by Gasteiger charge is -2.29. The summed E-state index contributed by atoms with van der Waals surface area (Å²) in [5.74, 6) is -1.62. The Bertz CT molecular complexity index is 1380. The van der Waals surface area contributed by atoms with Crippen LogP contribution in [0.1, 0.15) is 53.8 Å². The number of carbonyl (C=O) groups is 1. The van der Waals surface area contributed by atoms with Gasteiger partial charge in [0.25, 0.3) is 0 Å². The van der Waals surface area contributed by atoms with Gasteiger partial charge in [0.15, 0.2) is 0 Å². The highest BCUT2D eigenvalue weighted by Gasteiger charge is 2.45. The first-order valence-electron chi connectivity index (χ1n) is 11.7. The number of nitro groups is 1. The molecule has 36 heavy (non-hydrogen) atoms. The molecule has 0 N–H and O–H groups in total. The lowest BCUT2D eigenvalue weighted by Crippen LogP contribution is -2.32. The van der Waals surface area contributed by atoms with E-state index >= 15 is 0 Å². The molecule has 2 aliphatic rings. The van der Waals surface area contributed by atoms with Crippen molar-refractivity contribution in [2.45, 2.75) is 38.8 Å². The molecule has 184 valence electrons. The highest BCUT2D eigenvalue weighted by atomic mass is 19.1. The monoisotopic (exact) mass is 491 g/mol. The average molecular weight is 491 g/mol. The van der Waals surface area contributed by atoms with Crippen molar-refractivity contribution in [1.82, 2.24) is 14.8 Å². The van der Waals surface area contributed by atoms with E-state index < -0.39 is 28.4 Å². The van der Waals surface area contributed by atoms with E-state index in [1.54, 1.807) is 31.2 Å². The summed E-state index contributed by atoms with van der Waals surface area (Å²) in [6, 6.07) is 11.4. The third-order valence-electron chi connectivity index (χ3n) is 6.60. The molecular weight excluding hydrogens is 468 g/mol. The van der Waals surface area contributed by atoms with Crippen molar-refractivity contribution < 1.29 is 18.5 Å². The van der Waals surface area contributed by atoms with Crippen molar-refractivity contribution in [1.29, 1.82) is 0 Å². The minimum absolute atomic E-state index is 0.188. The van der Waals surface area contributed by atoms with E-state index in [2.05, 4.69) is 10.2 Å². The van der Waals surface area contributed by atoms with Crippen LogP contribution in [0.3, 0.4) is 0 Å². The first-order chi connectivity index (χ1) is 17.4. The summed E-state index contributed by atoms with van der Waals surface area (Å²) in [6.45, 7) is 2.13. The van der Waals surface area contributed by atoms with Crippen molar-refractivity contribution in [3.05, 3.63) is 98.9 Å². The van der Waals surface area contributed by atoms with Gasteiger partial charge in [-0.05, 0) is 73.2 Å². The van der Waals surface area contributed by atoms with Crippen LogP contribution in [-0.2, 0) is 6.54 Å². The molecule has 1 aliphatic heterocycles. The Morgan fingerprint density at radius 1 is 1.14 bits per heavy atom. The first-order valence-corrected chi connectivity index (χ1v) is 11.7. The summed E-state index contributed by atoms with van der Waals surface area (Å²) in [5, 5.41) is 21.8. The van der Waals surface area contributed by atoms with E-state index in [1.165, 1.54) is 40.2 Å². The maximum atomic E-state index is 13.7. The fourth-order valence-electron chi connectivity index (χ4n) is 4.89. The van der Waals surface area contributed by atoms with Crippen LogP contribution in [0.25, 0.3) is 6.08 Å². The standard InChI is InChI=1S/C26H23F2N5O3/c1-2-31-15-22(33(35)36)24(29-31)26(34)32-25(17-8-12-20(28)13-9-17)21-5-3-4-18(23(21)30-32)14-16-6-10-19(27)11-7-16/h6-15,21,25H,2-5H2,1H3/b18-14+/t21-,25+/m0/s1. The van der Waals surface area contributed by atoms with Gasteiger partial charge in [-0.15, -0.1) is 0 Å². The number of allylic oxidation sites excluding steroid dienone is 1. The van der Waals surface area contributed by atoms with Crippen molar-refractivity contribution in [2.75, 3.05) is 0 Å². The molecule has 1 aliphatic carbocycles. The van der Waals surface area contributed by atoms with Gasteiger partial charge < -0.3 is 0 Å². The molecule has 0 saturated heterocycles. The molecule has 0 unspecified atom stereocenters. The first kappa shape index (κ1) is 23.5. The Morgan fingerprint density at radius 2 is 1.81 bits per heavy atom.